The summed E-state index contributed by atoms with van der Waals surface area (Å²) in [4.78, 5) is 14.5. The van der Waals surface area contributed by atoms with Crippen LogP contribution in [0.4, 0.5) is 0 Å². The van der Waals surface area contributed by atoms with Gasteiger partial charge in [-0.25, -0.2) is 0 Å². The van der Waals surface area contributed by atoms with Gasteiger partial charge < -0.3 is 14.5 Å². The largest absolute Gasteiger partial charge is 0.390 e. The summed E-state index contributed by atoms with van der Waals surface area (Å²) in [6.45, 7) is 10.1. The molecule has 4 rings (SSSR count). The molecule has 5 heteroatoms. The summed E-state index contributed by atoms with van der Waals surface area (Å²) < 4.78 is 5.64. The molecule has 1 aromatic rings. The molecule has 1 aromatic heterocycles. The van der Waals surface area contributed by atoms with E-state index in [4.69, 9.17) is 4.52 Å². The summed E-state index contributed by atoms with van der Waals surface area (Å²) in [5.74, 6) is 1.81. The van der Waals surface area contributed by atoms with Crippen molar-refractivity contribution in [3.63, 3.8) is 0 Å². The minimum Gasteiger partial charge on any atom is -0.390 e. The molecule has 1 aliphatic heterocycles. The zero-order valence-corrected chi connectivity index (χ0v) is 16.5. The van der Waals surface area contributed by atoms with Gasteiger partial charge in [0.15, 0.2) is 0 Å². The van der Waals surface area contributed by atoms with Crippen LogP contribution in [0.15, 0.2) is 10.6 Å². The normalized spacial score (nSPS) is 31.6. The molecule has 0 aromatic carbocycles. The van der Waals surface area contributed by atoms with Crippen molar-refractivity contribution in [1.82, 2.24) is 10.1 Å². The number of hydrogen-bond acceptors (Lipinski definition) is 4. The van der Waals surface area contributed by atoms with Crippen LogP contribution in [0.2, 0.25) is 0 Å². The van der Waals surface area contributed by atoms with Crippen LogP contribution in [0.1, 0.15) is 83.6 Å². The number of hydrogen-bond donors (Lipinski definition) is 1. The van der Waals surface area contributed by atoms with Crippen LogP contribution < -0.4 is 0 Å². The van der Waals surface area contributed by atoms with Gasteiger partial charge in [0.05, 0.1) is 11.3 Å². The zero-order valence-electron chi connectivity index (χ0n) is 16.5. The second kappa shape index (κ2) is 5.82. The third-order valence-electron chi connectivity index (χ3n) is 6.83. The number of aliphatic hydroxyl groups is 1. The summed E-state index contributed by atoms with van der Waals surface area (Å²) in [7, 11) is 0. The summed E-state index contributed by atoms with van der Waals surface area (Å²) in [5, 5.41) is 14.1. The maximum Gasteiger partial charge on any atom is 0.225 e. The molecule has 1 spiro atoms. The molecule has 1 amide bonds. The first-order valence-corrected chi connectivity index (χ1v) is 10.1. The first-order chi connectivity index (χ1) is 12.1. The Morgan fingerprint density at radius 1 is 1.27 bits per heavy atom. The molecule has 3 fully saturated rings. The Hall–Kier alpha value is -1.36. The SMILES string of the molecule is CC(C)(C)c1cc(C2CCC3(CC2)CN(C(=O)[C@H]2C[C@@](C)(O)C2)C3)on1. The van der Waals surface area contributed by atoms with Gasteiger partial charge in [-0.3, -0.25) is 4.79 Å². The number of nitrogens with zero attached hydrogens (tertiary/aromatic N) is 2. The minimum absolute atomic E-state index is 0.0264. The second-order valence-corrected chi connectivity index (χ2v) is 10.4. The maximum atomic E-state index is 12.5. The van der Waals surface area contributed by atoms with Crippen LogP contribution in [-0.2, 0) is 10.2 Å². The Morgan fingerprint density at radius 3 is 2.38 bits per heavy atom. The van der Waals surface area contributed by atoms with E-state index in [0.717, 1.165) is 50.2 Å². The van der Waals surface area contributed by atoms with Crippen molar-refractivity contribution in [2.75, 3.05) is 13.1 Å². The molecule has 2 heterocycles. The molecular formula is C21H32N2O3. The molecule has 1 saturated heterocycles. The lowest BCUT2D eigenvalue weighted by Crippen LogP contribution is -2.62. The minimum atomic E-state index is -0.621. The molecule has 1 N–H and O–H groups in total. The lowest BCUT2D eigenvalue weighted by Gasteiger charge is -2.55. The molecule has 2 saturated carbocycles. The van der Waals surface area contributed by atoms with Crippen LogP contribution in [0.25, 0.3) is 0 Å². The predicted octanol–water partition coefficient (Wildman–Crippen LogP) is 3.62. The van der Waals surface area contributed by atoms with Gasteiger partial charge in [-0.1, -0.05) is 25.9 Å². The van der Waals surface area contributed by atoms with Gasteiger partial charge in [0.2, 0.25) is 5.91 Å². The van der Waals surface area contributed by atoms with E-state index in [-0.39, 0.29) is 17.2 Å². The van der Waals surface area contributed by atoms with E-state index in [1.54, 1.807) is 0 Å². The highest BCUT2D eigenvalue weighted by Crippen LogP contribution is 2.50. The Balaban J connectivity index is 1.28. The fourth-order valence-electron chi connectivity index (χ4n) is 5.02. The smallest absolute Gasteiger partial charge is 0.225 e. The quantitative estimate of drug-likeness (QED) is 0.875. The molecule has 26 heavy (non-hydrogen) atoms. The molecule has 0 atom stereocenters. The summed E-state index contributed by atoms with van der Waals surface area (Å²) in [5.41, 5.74) is 0.762. The molecule has 5 nitrogen and oxygen atoms in total. The number of aromatic nitrogens is 1. The van der Waals surface area contributed by atoms with Gasteiger partial charge in [-0.05, 0) is 45.4 Å². The van der Waals surface area contributed by atoms with Crippen LogP contribution in [0.5, 0.6) is 0 Å². The Morgan fingerprint density at radius 2 is 1.88 bits per heavy atom. The van der Waals surface area contributed by atoms with Crippen molar-refractivity contribution in [1.29, 1.82) is 0 Å². The van der Waals surface area contributed by atoms with Crippen LogP contribution >= 0.6 is 0 Å². The highest BCUT2D eigenvalue weighted by atomic mass is 16.5. The molecular weight excluding hydrogens is 328 g/mol. The predicted molar refractivity (Wildman–Crippen MR) is 98.8 cm³/mol. The van der Waals surface area contributed by atoms with E-state index in [1.165, 1.54) is 0 Å². The maximum absolute atomic E-state index is 12.5. The monoisotopic (exact) mass is 360 g/mol. The van der Waals surface area contributed by atoms with Gasteiger partial charge >= 0.3 is 0 Å². The van der Waals surface area contributed by atoms with Gasteiger partial charge in [-0.2, -0.15) is 0 Å². The van der Waals surface area contributed by atoms with E-state index in [0.29, 0.717) is 24.2 Å². The number of carbonyl (C=O) groups is 1. The summed E-state index contributed by atoms with van der Waals surface area (Å²) in [6.07, 6.45) is 5.82. The number of likely N-dealkylation sites (tertiary alicyclic amines) is 1. The van der Waals surface area contributed by atoms with Crippen molar-refractivity contribution in [3.05, 3.63) is 17.5 Å². The molecule has 0 bridgehead atoms. The van der Waals surface area contributed by atoms with Crippen molar-refractivity contribution >= 4 is 5.91 Å². The van der Waals surface area contributed by atoms with Crippen LogP contribution in [-0.4, -0.2) is 39.8 Å². The zero-order chi connectivity index (χ0) is 18.7. The van der Waals surface area contributed by atoms with E-state index in [2.05, 4.69) is 32.0 Å². The third kappa shape index (κ3) is 3.19. The molecule has 144 valence electrons. The lowest BCUT2D eigenvalue weighted by molar-refractivity contribution is -0.163. The average Bonchev–Trinajstić information content (AvgIpc) is 3.00. The lowest BCUT2D eigenvalue weighted by atomic mass is 9.64. The van der Waals surface area contributed by atoms with Crippen LogP contribution in [0.3, 0.4) is 0 Å². The van der Waals surface area contributed by atoms with Crippen molar-refractivity contribution in [2.45, 2.75) is 83.2 Å². The van der Waals surface area contributed by atoms with Crippen molar-refractivity contribution < 1.29 is 14.4 Å². The molecule has 0 unspecified atom stereocenters. The third-order valence-corrected chi connectivity index (χ3v) is 6.83. The highest BCUT2D eigenvalue weighted by Gasteiger charge is 2.51. The second-order valence-electron chi connectivity index (χ2n) is 10.4. The van der Waals surface area contributed by atoms with Gasteiger partial charge in [0.25, 0.3) is 0 Å². The summed E-state index contributed by atoms with van der Waals surface area (Å²) >= 11 is 0. The number of amides is 1. The van der Waals surface area contributed by atoms with E-state index in [1.807, 2.05) is 11.8 Å². The highest BCUT2D eigenvalue weighted by molar-refractivity contribution is 5.81. The number of rotatable bonds is 2. The van der Waals surface area contributed by atoms with Crippen molar-refractivity contribution in [3.8, 4) is 0 Å². The summed E-state index contributed by atoms with van der Waals surface area (Å²) in [6, 6.07) is 2.14. The van der Waals surface area contributed by atoms with E-state index < -0.39 is 5.60 Å². The Kier molecular flexibility index (Phi) is 4.03. The first-order valence-electron chi connectivity index (χ1n) is 10.1. The average molecular weight is 360 g/mol. The first kappa shape index (κ1) is 18.0. The Bertz CT molecular complexity index is 676. The van der Waals surface area contributed by atoms with Gasteiger partial charge in [-0.15, -0.1) is 0 Å². The van der Waals surface area contributed by atoms with Crippen LogP contribution in [0, 0.1) is 11.3 Å². The molecule has 2 aliphatic carbocycles. The topological polar surface area (TPSA) is 66.6 Å². The van der Waals surface area contributed by atoms with Crippen molar-refractivity contribution in [2.24, 2.45) is 11.3 Å². The molecule has 0 radical (unpaired) electrons. The number of carbonyl (C=O) groups excluding carboxylic acids is 1. The Labute approximate surface area is 156 Å². The molecule has 3 aliphatic rings. The standard InChI is InChI=1S/C21H32N2O3/c1-19(2,3)17-9-16(26-22-17)14-5-7-21(8-6-14)12-23(13-21)18(24)15-10-20(4,25)11-15/h9,14-15,25H,5-8,10-13H2,1-4H3/t15-,20+. The van der Waals surface area contributed by atoms with E-state index >= 15 is 0 Å². The fraction of sp³-hybridized carbons (Fsp3) is 0.810. The van der Waals surface area contributed by atoms with Gasteiger partial charge in [0.1, 0.15) is 5.76 Å². The van der Waals surface area contributed by atoms with Gasteiger partial charge in [0, 0.05) is 41.8 Å². The fourth-order valence-corrected chi connectivity index (χ4v) is 5.02. The van der Waals surface area contributed by atoms with E-state index in [9.17, 15) is 9.90 Å².